The van der Waals surface area contributed by atoms with Gasteiger partial charge in [0.2, 0.25) is 5.91 Å². The Hall–Kier alpha value is -2.95. The van der Waals surface area contributed by atoms with Crippen LogP contribution in [-0.2, 0) is 17.6 Å². The highest BCUT2D eigenvalue weighted by molar-refractivity contribution is 5.78. The monoisotopic (exact) mass is 374 g/mol. The summed E-state index contributed by atoms with van der Waals surface area (Å²) in [7, 11) is 0. The number of carbonyl (C=O) groups excluding carboxylic acids is 1. The van der Waals surface area contributed by atoms with Crippen molar-refractivity contribution in [2.24, 2.45) is 5.92 Å². The molecule has 0 unspecified atom stereocenters. The number of rotatable bonds is 5. The van der Waals surface area contributed by atoms with E-state index in [0.717, 1.165) is 55.1 Å². The predicted octanol–water partition coefficient (Wildman–Crippen LogP) is 3.80. The Balaban J connectivity index is 1.28. The van der Waals surface area contributed by atoms with E-state index in [2.05, 4.69) is 34.2 Å². The number of hydrogen-bond donors (Lipinski definition) is 1. The van der Waals surface area contributed by atoms with Crippen LogP contribution in [0.3, 0.4) is 0 Å². The van der Waals surface area contributed by atoms with Crippen LogP contribution >= 0.6 is 0 Å². The van der Waals surface area contributed by atoms with E-state index in [1.807, 2.05) is 47.4 Å². The Labute approximate surface area is 165 Å². The fourth-order valence-corrected chi connectivity index (χ4v) is 3.87. The molecule has 1 aliphatic heterocycles. The van der Waals surface area contributed by atoms with Crippen LogP contribution in [0, 0.1) is 12.8 Å². The summed E-state index contributed by atoms with van der Waals surface area (Å²) in [5.74, 6) is 2.46. The predicted molar refractivity (Wildman–Crippen MR) is 110 cm³/mol. The lowest BCUT2D eigenvalue weighted by Crippen LogP contribution is -2.39. The SMILES string of the molecule is Cc1cccc(CC(=O)N2CCC(Cc3nc(-c4ccccc4)n[nH]3)CC2)c1. The summed E-state index contributed by atoms with van der Waals surface area (Å²) in [4.78, 5) is 19.3. The fraction of sp³-hybridized carbons (Fsp3) is 0.348. The number of H-pyrrole nitrogens is 1. The van der Waals surface area contributed by atoms with Gasteiger partial charge in [0.05, 0.1) is 6.42 Å². The van der Waals surface area contributed by atoms with E-state index in [1.165, 1.54) is 5.56 Å². The third-order valence-corrected chi connectivity index (χ3v) is 5.45. The molecule has 0 radical (unpaired) electrons. The minimum absolute atomic E-state index is 0.232. The Bertz CT molecular complexity index is 927. The molecule has 0 saturated carbocycles. The molecule has 1 fully saturated rings. The maximum absolute atomic E-state index is 12.6. The summed E-state index contributed by atoms with van der Waals surface area (Å²) in [5.41, 5.74) is 3.33. The summed E-state index contributed by atoms with van der Waals surface area (Å²) in [6.45, 7) is 3.72. The maximum Gasteiger partial charge on any atom is 0.226 e. The van der Waals surface area contributed by atoms with E-state index in [1.54, 1.807) is 0 Å². The Morgan fingerprint density at radius 2 is 1.89 bits per heavy atom. The van der Waals surface area contributed by atoms with Crippen LogP contribution in [0.15, 0.2) is 54.6 Å². The highest BCUT2D eigenvalue weighted by Gasteiger charge is 2.24. The molecule has 28 heavy (non-hydrogen) atoms. The number of aryl methyl sites for hydroxylation is 1. The van der Waals surface area contributed by atoms with Crippen molar-refractivity contribution >= 4 is 5.91 Å². The molecule has 3 aromatic rings. The third-order valence-electron chi connectivity index (χ3n) is 5.45. The lowest BCUT2D eigenvalue weighted by molar-refractivity contribution is -0.131. The largest absolute Gasteiger partial charge is 0.342 e. The van der Waals surface area contributed by atoms with E-state index in [4.69, 9.17) is 0 Å². The molecule has 5 heteroatoms. The van der Waals surface area contributed by atoms with Crippen LogP contribution in [0.1, 0.15) is 29.8 Å². The van der Waals surface area contributed by atoms with Gasteiger partial charge >= 0.3 is 0 Å². The van der Waals surface area contributed by atoms with Crippen LogP contribution in [0.5, 0.6) is 0 Å². The van der Waals surface area contributed by atoms with Crippen LogP contribution in [0.2, 0.25) is 0 Å². The molecular formula is C23H26N4O. The van der Waals surface area contributed by atoms with Crippen LogP contribution < -0.4 is 0 Å². The molecule has 144 valence electrons. The fourth-order valence-electron chi connectivity index (χ4n) is 3.87. The molecule has 5 nitrogen and oxygen atoms in total. The molecule has 1 aromatic heterocycles. The van der Waals surface area contributed by atoms with Gasteiger partial charge in [0, 0.05) is 25.1 Å². The smallest absolute Gasteiger partial charge is 0.226 e. The number of aromatic nitrogens is 3. The van der Waals surface area contributed by atoms with Gasteiger partial charge in [0.1, 0.15) is 5.82 Å². The van der Waals surface area contributed by atoms with Gasteiger partial charge in [-0.25, -0.2) is 4.98 Å². The number of piperidine rings is 1. The van der Waals surface area contributed by atoms with Crippen molar-refractivity contribution in [2.45, 2.75) is 32.6 Å². The van der Waals surface area contributed by atoms with Gasteiger partial charge in [-0.05, 0) is 31.2 Å². The Morgan fingerprint density at radius 3 is 2.64 bits per heavy atom. The van der Waals surface area contributed by atoms with Crippen molar-refractivity contribution in [3.63, 3.8) is 0 Å². The maximum atomic E-state index is 12.6. The summed E-state index contributed by atoms with van der Waals surface area (Å²) >= 11 is 0. The summed E-state index contributed by atoms with van der Waals surface area (Å²) in [6.07, 6.45) is 3.41. The normalized spacial score (nSPS) is 15.0. The lowest BCUT2D eigenvalue weighted by Gasteiger charge is -2.31. The van der Waals surface area contributed by atoms with Crippen molar-refractivity contribution in [1.82, 2.24) is 20.1 Å². The minimum atomic E-state index is 0.232. The third kappa shape index (κ3) is 4.47. The van der Waals surface area contributed by atoms with Gasteiger partial charge in [-0.1, -0.05) is 60.2 Å². The van der Waals surface area contributed by atoms with Gasteiger partial charge < -0.3 is 4.90 Å². The van der Waals surface area contributed by atoms with Gasteiger partial charge in [-0.2, -0.15) is 5.10 Å². The highest BCUT2D eigenvalue weighted by atomic mass is 16.2. The second-order valence-corrected chi connectivity index (χ2v) is 7.67. The number of benzene rings is 2. The number of nitrogens with one attached hydrogen (secondary N) is 1. The molecule has 0 bridgehead atoms. The van der Waals surface area contributed by atoms with Crippen LogP contribution in [-0.4, -0.2) is 39.1 Å². The molecule has 1 saturated heterocycles. The standard InChI is InChI=1S/C23H26N4O/c1-17-6-5-7-19(14-17)16-22(28)27-12-10-18(11-13-27)15-21-24-23(26-25-21)20-8-3-2-4-9-20/h2-9,14,18H,10-13,15-16H2,1H3,(H,24,25,26). The Morgan fingerprint density at radius 1 is 1.11 bits per heavy atom. The quantitative estimate of drug-likeness (QED) is 0.739. The number of hydrogen-bond acceptors (Lipinski definition) is 3. The second kappa shape index (κ2) is 8.38. The van der Waals surface area contributed by atoms with Crippen LogP contribution in [0.25, 0.3) is 11.4 Å². The number of nitrogens with zero attached hydrogens (tertiary/aromatic N) is 3. The van der Waals surface area contributed by atoms with E-state index in [-0.39, 0.29) is 5.91 Å². The van der Waals surface area contributed by atoms with E-state index in [0.29, 0.717) is 12.3 Å². The first-order valence-corrected chi connectivity index (χ1v) is 9.97. The number of aromatic amines is 1. The molecule has 1 N–H and O–H groups in total. The molecular weight excluding hydrogens is 348 g/mol. The molecule has 2 heterocycles. The van der Waals surface area contributed by atoms with Crippen molar-refractivity contribution in [1.29, 1.82) is 0 Å². The molecule has 0 spiro atoms. The van der Waals surface area contributed by atoms with Crippen molar-refractivity contribution in [3.05, 3.63) is 71.5 Å². The van der Waals surface area contributed by atoms with E-state index >= 15 is 0 Å². The second-order valence-electron chi connectivity index (χ2n) is 7.67. The Kier molecular flexibility index (Phi) is 5.51. The number of amides is 1. The zero-order chi connectivity index (χ0) is 19.3. The zero-order valence-electron chi connectivity index (χ0n) is 16.3. The summed E-state index contributed by atoms with van der Waals surface area (Å²) < 4.78 is 0. The topological polar surface area (TPSA) is 61.9 Å². The van der Waals surface area contributed by atoms with Gasteiger partial charge in [0.15, 0.2) is 5.82 Å². The number of likely N-dealkylation sites (tertiary alicyclic amines) is 1. The highest BCUT2D eigenvalue weighted by Crippen LogP contribution is 2.22. The molecule has 0 atom stereocenters. The van der Waals surface area contributed by atoms with E-state index in [9.17, 15) is 4.79 Å². The zero-order valence-corrected chi connectivity index (χ0v) is 16.3. The van der Waals surface area contributed by atoms with Crippen molar-refractivity contribution < 1.29 is 4.79 Å². The molecule has 4 rings (SSSR count). The average molecular weight is 374 g/mol. The first kappa shape index (κ1) is 18.4. The first-order chi connectivity index (χ1) is 13.7. The van der Waals surface area contributed by atoms with Crippen LogP contribution in [0.4, 0.5) is 0 Å². The first-order valence-electron chi connectivity index (χ1n) is 9.97. The average Bonchev–Trinajstić information content (AvgIpc) is 3.18. The van der Waals surface area contributed by atoms with E-state index < -0.39 is 0 Å². The van der Waals surface area contributed by atoms with Gasteiger partial charge in [-0.15, -0.1) is 0 Å². The summed E-state index contributed by atoms with van der Waals surface area (Å²) in [6, 6.07) is 18.2. The summed E-state index contributed by atoms with van der Waals surface area (Å²) in [5, 5.41) is 7.43. The van der Waals surface area contributed by atoms with Gasteiger partial charge in [-0.3, -0.25) is 9.89 Å². The van der Waals surface area contributed by atoms with Crippen molar-refractivity contribution in [3.8, 4) is 11.4 Å². The number of carbonyl (C=O) groups is 1. The molecule has 1 aliphatic rings. The lowest BCUT2D eigenvalue weighted by atomic mass is 9.93. The minimum Gasteiger partial charge on any atom is -0.342 e. The molecule has 2 aromatic carbocycles. The molecule has 1 amide bonds. The van der Waals surface area contributed by atoms with Gasteiger partial charge in [0.25, 0.3) is 0 Å². The molecule has 0 aliphatic carbocycles. The van der Waals surface area contributed by atoms with Crippen molar-refractivity contribution in [2.75, 3.05) is 13.1 Å².